The summed E-state index contributed by atoms with van der Waals surface area (Å²) in [5.41, 5.74) is 5.26. The van der Waals surface area contributed by atoms with Gasteiger partial charge in [-0.3, -0.25) is 0 Å². The summed E-state index contributed by atoms with van der Waals surface area (Å²) < 4.78 is 64.1. The molecule has 0 saturated carbocycles. The van der Waals surface area contributed by atoms with Crippen molar-refractivity contribution in [2.75, 3.05) is 0 Å². The molecule has 18 heavy (non-hydrogen) atoms. The molecule has 1 nitrogen and oxygen atoms in total. The second kappa shape index (κ2) is 4.17. The third-order valence-electron chi connectivity index (χ3n) is 2.63. The van der Waals surface area contributed by atoms with Crippen molar-refractivity contribution in [1.82, 2.24) is 0 Å². The van der Waals surface area contributed by atoms with Gasteiger partial charge < -0.3 is 5.73 Å². The van der Waals surface area contributed by atoms with Gasteiger partial charge in [0, 0.05) is 16.3 Å². The lowest BCUT2D eigenvalue weighted by Gasteiger charge is -2.14. The zero-order valence-corrected chi connectivity index (χ0v) is 9.92. The fourth-order valence-corrected chi connectivity index (χ4v) is 2.93. The molecule has 0 aliphatic heterocycles. The molecule has 0 aliphatic carbocycles. The van der Waals surface area contributed by atoms with Crippen molar-refractivity contribution in [2.24, 2.45) is 5.73 Å². The second-order valence-corrected chi connectivity index (χ2v) is 4.93. The van der Waals surface area contributed by atoms with E-state index in [1.807, 2.05) is 0 Å². The van der Waals surface area contributed by atoms with E-state index in [9.17, 15) is 22.0 Å². The van der Waals surface area contributed by atoms with E-state index >= 15 is 0 Å². The highest BCUT2D eigenvalue weighted by Crippen LogP contribution is 2.41. The van der Waals surface area contributed by atoms with Crippen LogP contribution in [0.5, 0.6) is 0 Å². The van der Waals surface area contributed by atoms with E-state index in [1.54, 1.807) is 0 Å². The Morgan fingerprint density at radius 2 is 1.83 bits per heavy atom. The lowest BCUT2D eigenvalue weighted by atomic mass is 10.1. The molecule has 7 heteroatoms. The van der Waals surface area contributed by atoms with Gasteiger partial charge in [0.05, 0.1) is 4.70 Å². The van der Waals surface area contributed by atoms with Gasteiger partial charge in [0.25, 0.3) is 0 Å². The van der Waals surface area contributed by atoms with Gasteiger partial charge in [-0.15, -0.1) is 11.3 Å². The molecule has 2 N–H and O–H groups in total. The molecule has 0 amide bonds. The molecule has 0 saturated heterocycles. The number of hydrogen-bond acceptors (Lipinski definition) is 2. The Kier molecular flexibility index (Phi) is 3.06. The van der Waals surface area contributed by atoms with E-state index in [0.717, 1.165) is 6.07 Å². The summed E-state index contributed by atoms with van der Waals surface area (Å²) in [5, 5.41) is 0.132. The predicted molar refractivity (Wildman–Crippen MR) is 59.5 cm³/mol. The average molecular weight is 281 g/mol. The van der Waals surface area contributed by atoms with Crippen molar-refractivity contribution >= 4 is 21.4 Å². The van der Waals surface area contributed by atoms with Crippen LogP contribution in [0.25, 0.3) is 10.1 Å². The van der Waals surface area contributed by atoms with Crippen molar-refractivity contribution in [3.63, 3.8) is 0 Å². The Labute approximate surface area is 103 Å². The number of rotatable bonds is 1. The number of halogens is 5. The fraction of sp³-hybridized carbons (Fsp3) is 0.273. The summed E-state index contributed by atoms with van der Waals surface area (Å²) in [5.74, 6) is -1.70. The highest BCUT2D eigenvalue weighted by molar-refractivity contribution is 7.19. The van der Waals surface area contributed by atoms with Crippen LogP contribution in [-0.2, 0) is 0 Å². The number of hydrogen-bond donors (Lipinski definition) is 1. The molecule has 2 aromatic rings. The number of thiophene rings is 1. The smallest absolute Gasteiger partial charge is 0.316 e. The maximum Gasteiger partial charge on any atom is 0.408 e. The van der Waals surface area contributed by atoms with Gasteiger partial charge in [0.1, 0.15) is 17.7 Å². The molecule has 0 radical (unpaired) electrons. The normalized spacial score (nSPS) is 14.2. The van der Waals surface area contributed by atoms with Crippen molar-refractivity contribution < 1.29 is 22.0 Å². The first kappa shape index (κ1) is 13.2. The van der Waals surface area contributed by atoms with Crippen LogP contribution in [0, 0.1) is 18.6 Å². The zero-order chi connectivity index (χ0) is 13.7. The monoisotopic (exact) mass is 281 g/mol. The van der Waals surface area contributed by atoms with Gasteiger partial charge in [-0.25, -0.2) is 8.78 Å². The molecule has 0 bridgehead atoms. The standard InChI is InChI=1S/C11H8F5NS/c1-4-6-2-5(12)3-7(13)9(6)18-8(4)10(17)11(14,15)16/h2-3,10H,17H2,1H3/t10-/m1/s1. The maximum absolute atomic E-state index is 13.4. The third kappa shape index (κ3) is 2.08. The van der Waals surface area contributed by atoms with E-state index in [4.69, 9.17) is 5.73 Å². The van der Waals surface area contributed by atoms with Gasteiger partial charge >= 0.3 is 6.18 Å². The summed E-state index contributed by atoms with van der Waals surface area (Å²) in [6, 6.07) is -0.532. The van der Waals surface area contributed by atoms with Gasteiger partial charge in [0.15, 0.2) is 0 Å². The number of aryl methyl sites for hydroxylation is 1. The van der Waals surface area contributed by atoms with Crippen molar-refractivity contribution in [3.8, 4) is 0 Å². The van der Waals surface area contributed by atoms with Crippen LogP contribution in [0.3, 0.4) is 0 Å². The average Bonchev–Trinajstić information content (AvgIpc) is 2.54. The summed E-state index contributed by atoms with van der Waals surface area (Å²) >= 11 is 0.608. The minimum atomic E-state index is -4.61. The Morgan fingerprint density at radius 1 is 1.22 bits per heavy atom. The van der Waals surface area contributed by atoms with E-state index < -0.39 is 23.9 Å². The van der Waals surface area contributed by atoms with Crippen LogP contribution in [0.15, 0.2) is 12.1 Å². The van der Waals surface area contributed by atoms with Crippen LogP contribution in [0.2, 0.25) is 0 Å². The van der Waals surface area contributed by atoms with Crippen molar-refractivity contribution in [3.05, 3.63) is 34.2 Å². The Balaban J connectivity index is 2.68. The molecular weight excluding hydrogens is 273 g/mol. The van der Waals surface area contributed by atoms with E-state index in [1.165, 1.54) is 6.92 Å². The van der Waals surface area contributed by atoms with Gasteiger partial charge in [-0.05, 0) is 18.6 Å². The Morgan fingerprint density at radius 3 is 2.39 bits per heavy atom. The topological polar surface area (TPSA) is 26.0 Å². The van der Waals surface area contributed by atoms with E-state index in [0.29, 0.717) is 17.4 Å². The van der Waals surface area contributed by atoms with Gasteiger partial charge in [-0.2, -0.15) is 13.2 Å². The molecule has 0 fully saturated rings. The largest absolute Gasteiger partial charge is 0.408 e. The first-order chi connectivity index (χ1) is 8.21. The SMILES string of the molecule is Cc1c([C@@H](N)C(F)(F)F)sc2c(F)cc(F)cc12. The lowest BCUT2D eigenvalue weighted by molar-refractivity contribution is -0.148. The first-order valence-electron chi connectivity index (χ1n) is 4.92. The lowest BCUT2D eigenvalue weighted by Crippen LogP contribution is -2.28. The van der Waals surface area contributed by atoms with E-state index in [-0.39, 0.29) is 20.5 Å². The number of alkyl halides is 3. The number of nitrogens with two attached hydrogens (primary N) is 1. The first-order valence-corrected chi connectivity index (χ1v) is 5.74. The predicted octanol–water partition coefficient (Wildman–Crippen LogP) is 4.05. The molecular formula is C11H8F5NS. The van der Waals surface area contributed by atoms with Crippen LogP contribution in [-0.4, -0.2) is 6.18 Å². The molecule has 1 aromatic heterocycles. The molecule has 0 spiro atoms. The molecule has 1 heterocycles. The second-order valence-electron chi connectivity index (χ2n) is 3.87. The van der Waals surface area contributed by atoms with Gasteiger partial charge in [-0.1, -0.05) is 0 Å². The fourth-order valence-electron chi connectivity index (χ4n) is 1.71. The highest BCUT2D eigenvalue weighted by atomic mass is 32.1. The zero-order valence-electron chi connectivity index (χ0n) is 9.11. The molecule has 98 valence electrons. The molecule has 0 aliphatic rings. The van der Waals surface area contributed by atoms with Crippen molar-refractivity contribution in [1.29, 1.82) is 0 Å². The molecule has 2 rings (SSSR count). The van der Waals surface area contributed by atoms with Crippen molar-refractivity contribution in [2.45, 2.75) is 19.1 Å². The maximum atomic E-state index is 13.4. The molecule has 1 atom stereocenters. The highest BCUT2D eigenvalue weighted by Gasteiger charge is 2.40. The third-order valence-corrected chi connectivity index (χ3v) is 4.03. The van der Waals surface area contributed by atoms with Crippen LogP contribution in [0.4, 0.5) is 22.0 Å². The molecule has 0 unspecified atom stereocenters. The molecule has 1 aromatic carbocycles. The summed E-state index contributed by atoms with van der Waals surface area (Å²) in [6.45, 7) is 1.37. The van der Waals surface area contributed by atoms with Crippen LogP contribution < -0.4 is 5.73 Å². The number of benzene rings is 1. The summed E-state index contributed by atoms with van der Waals surface area (Å²) in [7, 11) is 0. The Bertz CT molecular complexity index is 601. The van der Waals surface area contributed by atoms with Crippen LogP contribution >= 0.6 is 11.3 Å². The quantitative estimate of drug-likeness (QED) is 0.784. The van der Waals surface area contributed by atoms with E-state index in [2.05, 4.69) is 0 Å². The Hall–Kier alpha value is -1.21. The minimum Gasteiger partial charge on any atom is -0.316 e. The van der Waals surface area contributed by atoms with Crippen LogP contribution in [0.1, 0.15) is 16.5 Å². The minimum absolute atomic E-state index is 0.0106. The number of fused-ring (bicyclic) bond motifs is 1. The summed E-state index contributed by atoms with van der Waals surface area (Å²) in [4.78, 5) is -0.193. The van der Waals surface area contributed by atoms with Gasteiger partial charge in [0.2, 0.25) is 0 Å². The summed E-state index contributed by atoms with van der Waals surface area (Å²) in [6.07, 6.45) is -4.61.